The van der Waals surface area contributed by atoms with Crippen LogP contribution in [0.25, 0.3) is 0 Å². The van der Waals surface area contributed by atoms with E-state index >= 15 is 0 Å². The number of thiophene rings is 1. The lowest BCUT2D eigenvalue weighted by Gasteiger charge is -2.11. The molecule has 1 aromatic heterocycles. The minimum Gasteiger partial charge on any atom is -0.497 e. The summed E-state index contributed by atoms with van der Waals surface area (Å²) in [5.41, 5.74) is 2.13. The average Bonchev–Trinajstić information content (AvgIpc) is 2.86. The quantitative estimate of drug-likeness (QED) is 0.898. The van der Waals surface area contributed by atoms with E-state index in [1.165, 1.54) is 5.56 Å². The van der Waals surface area contributed by atoms with Gasteiger partial charge in [0.1, 0.15) is 11.9 Å². The molecule has 3 heteroatoms. The Hall–Kier alpha value is -1.32. The van der Waals surface area contributed by atoms with Gasteiger partial charge in [-0.1, -0.05) is 19.1 Å². The molecule has 0 spiro atoms. The molecule has 0 saturated carbocycles. The van der Waals surface area contributed by atoms with Gasteiger partial charge in [0.15, 0.2) is 0 Å². The number of rotatable bonds is 4. The summed E-state index contributed by atoms with van der Waals surface area (Å²) in [6.07, 6.45) is 0.419. The van der Waals surface area contributed by atoms with Gasteiger partial charge < -0.3 is 9.84 Å². The zero-order valence-corrected chi connectivity index (χ0v) is 10.8. The highest BCUT2D eigenvalue weighted by Crippen LogP contribution is 2.30. The maximum absolute atomic E-state index is 10.3. The van der Waals surface area contributed by atoms with Crippen LogP contribution >= 0.6 is 11.3 Å². The van der Waals surface area contributed by atoms with Crippen LogP contribution in [0.1, 0.15) is 29.0 Å². The Morgan fingerprint density at radius 3 is 2.53 bits per heavy atom. The molecule has 2 nitrogen and oxygen atoms in total. The molecule has 2 aromatic rings. The first-order valence-corrected chi connectivity index (χ1v) is 6.52. The second-order valence-corrected chi connectivity index (χ2v) is 4.79. The van der Waals surface area contributed by atoms with E-state index in [2.05, 4.69) is 13.0 Å². The Labute approximate surface area is 105 Å². The summed E-state index contributed by atoms with van der Waals surface area (Å²) >= 11 is 1.61. The fourth-order valence-corrected chi connectivity index (χ4v) is 2.82. The normalized spacial score (nSPS) is 12.4. The van der Waals surface area contributed by atoms with Crippen LogP contribution < -0.4 is 4.74 Å². The molecule has 0 amide bonds. The average molecular weight is 248 g/mol. The number of hydrogen-bond donors (Lipinski definition) is 1. The molecule has 0 saturated heterocycles. The highest BCUT2D eigenvalue weighted by atomic mass is 32.1. The standard InChI is InChI=1S/C14H16O2S/c1-3-10-8-9-17-14(10)13(15)11-4-6-12(16-2)7-5-11/h4-9,13,15H,3H2,1-2H3. The molecule has 1 unspecified atom stereocenters. The molecule has 17 heavy (non-hydrogen) atoms. The summed E-state index contributed by atoms with van der Waals surface area (Å²) in [5.74, 6) is 0.808. The van der Waals surface area contributed by atoms with Crippen molar-refractivity contribution in [3.8, 4) is 5.75 Å². The SMILES string of the molecule is CCc1ccsc1C(O)c1ccc(OC)cc1. The highest BCUT2D eigenvalue weighted by Gasteiger charge is 2.15. The van der Waals surface area contributed by atoms with Gasteiger partial charge in [-0.05, 0) is 41.1 Å². The lowest BCUT2D eigenvalue weighted by molar-refractivity contribution is 0.223. The Bertz CT molecular complexity index is 473. The van der Waals surface area contributed by atoms with E-state index in [1.54, 1.807) is 18.4 Å². The van der Waals surface area contributed by atoms with Crippen LogP contribution in [0.4, 0.5) is 0 Å². The Balaban J connectivity index is 2.27. The monoisotopic (exact) mass is 248 g/mol. The number of aliphatic hydroxyl groups is 1. The molecule has 1 atom stereocenters. The minimum absolute atomic E-state index is 0.532. The van der Waals surface area contributed by atoms with Crippen LogP contribution in [0.3, 0.4) is 0 Å². The minimum atomic E-state index is -0.532. The van der Waals surface area contributed by atoms with E-state index < -0.39 is 6.10 Å². The third kappa shape index (κ3) is 2.51. The zero-order valence-electron chi connectivity index (χ0n) is 10.0. The van der Waals surface area contributed by atoms with Crippen LogP contribution in [0.15, 0.2) is 35.7 Å². The first-order valence-electron chi connectivity index (χ1n) is 5.64. The summed E-state index contributed by atoms with van der Waals surface area (Å²) in [4.78, 5) is 1.04. The topological polar surface area (TPSA) is 29.5 Å². The van der Waals surface area contributed by atoms with Crippen molar-refractivity contribution in [1.29, 1.82) is 0 Å². The van der Waals surface area contributed by atoms with Gasteiger partial charge >= 0.3 is 0 Å². The molecule has 0 aliphatic heterocycles. The van der Waals surface area contributed by atoms with Crippen molar-refractivity contribution in [2.45, 2.75) is 19.4 Å². The molecule has 0 bridgehead atoms. The summed E-state index contributed by atoms with van der Waals surface area (Å²) in [6.45, 7) is 2.10. The molecule has 0 radical (unpaired) electrons. The number of aliphatic hydroxyl groups excluding tert-OH is 1. The summed E-state index contributed by atoms with van der Waals surface area (Å²) < 4.78 is 5.11. The largest absolute Gasteiger partial charge is 0.497 e. The molecule has 1 heterocycles. The van der Waals surface area contributed by atoms with Crippen molar-refractivity contribution < 1.29 is 9.84 Å². The van der Waals surface area contributed by atoms with Crippen molar-refractivity contribution in [1.82, 2.24) is 0 Å². The number of hydrogen-bond acceptors (Lipinski definition) is 3. The van der Waals surface area contributed by atoms with Gasteiger partial charge in [-0.15, -0.1) is 11.3 Å². The Morgan fingerprint density at radius 1 is 1.24 bits per heavy atom. The van der Waals surface area contributed by atoms with Gasteiger partial charge in [0.05, 0.1) is 7.11 Å². The lowest BCUT2D eigenvalue weighted by Crippen LogP contribution is -1.99. The van der Waals surface area contributed by atoms with E-state index in [1.807, 2.05) is 29.6 Å². The summed E-state index contributed by atoms with van der Waals surface area (Å²) in [6, 6.07) is 9.63. The van der Waals surface area contributed by atoms with E-state index in [9.17, 15) is 5.11 Å². The van der Waals surface area contributed by atoms with Gasteiger partial charge in [-0.3, -0.25) is 0 Å². The predicted molar refractivity (Wildman–Crippen MR) is 70.8 cm³/mol. The number of benzene rings is 1. The Morgan fingerprint density at radius 2 is 1.94 bits per heavy atom. The van der Waals surface area contributed by atoms with E-state index in [0.717, 1.165) is 22.6 Å². The van der Waals surface area contributed by atoms with E-state index in [4.69, 9.17) is 4.74 Å². The Kier molecular flexibility index (Phi) is 3.82. The molecule has 0 aliphatic carbocycles. The smallest absolute Gasteiger partial charge is 0.118 e. The van der Waals surface area contributed by atoms with Crippen molar-refractivity contribution in [3.63, 3.8) is 0 Å². The summed E-state index contributed by atoms with van der Waals surface area (Å²) in [5, 5.41) is 12.4. The van der Waals surface area contributed by atoms with Crippen LogP contribution in [0, 0.1) is 0 Å². The van der Waals surface area contributed by atoms with Gasteiger partial charge in [0.2, 0.25) is 0 Å². The summed E-state index contributed by atoms with van der Waals surface area (Å²) in [7, 11) is 1.64. The first-order chi connectivity index (χ1) is 8.26. The van der Waals surface area contributed by atoms with Gasteiger partial charge in [0, 0.05) is 4.88 Å². The van der Waals surface area contributed by atoms with Crippen molar-refractivity contribution >= 4 is 11.3 Å². The maximum atomic E-state index is 10.3. The van der Waals surface area contributed by atoms with Crippen molar-refractivity contribution in [2.75, 3.05) is 7.11 Å². The van der Waals surface area contributed by atoms with Crippen LogP contribution in [0.5, 0.6) is 5.75 Å². The van der Waals surface area contributed by atoms with E-state index in [0.29, 0.717) is 0 Å². The molecule has 1 aromatic carbocycles. The van der Waals surface area contributed by atoms with Crippen molar-refractivity contribution in [3.05, 3.63) is 51.7 Å². The molecule has 1 N–H and O–H groups in total. The molecule has 0 fully saturated rings. The molecular formula is C14H16O2S. The number of ether oxygens (including phenoxy) is 1. The molecule has 0 aliphatic rings. The number of methoxy groups -OCH3 is 1. The van der Waals surface area contributed by atoms with Gasteiger partial charge in [-0.2, -0.15) is 0 Å². The van der Waals surface area contributed by atoms with Crippen LogP contribution in [-0.2, 0) is 6.42 Å². The second-order valence-electron chi connectivity index (χ2n) is 3.84. The zero-order chi connectivity index (χ0) is 12.3. The fourth-order valence-electron chi connectivity index (χ4n) is 1.82. The van der Waals surface area contributed by atoms with E-state index in [-0.39, 0.29) is 0 Å². The fraction of sp³-hybridized carbons (Fsp3) is 0.286. The third-order valence-electron chi connectivity index (χ3n) is 2.84. The maximum Gasteiger partial charge on any atom is 0.118 e. The third-order valence-corrected chi connectivity index (χ3v) is 3.85. The lowest BCUT2D eigenvalue weighted by atomic mass is 10.0. The highest BCUT2D eigenvalue weighted by molar-refractivity contribution is 7.10. The van der Waals surface area contributed by atoms with Crippen molar-refractivity contribution in [2.24, 2.45) is 0 Å². The molecule has 2 rings (SSSR count). The number of aryl methyl sites for hydroxylation is 1. The predicted octanol–water partition coefficient (Wildman–Crippen LogP) is 3.40. The van der Waals surface area contributed by atoms with Gasteiger partial charge in [0.25, 0.3) is 0 Å². The van der Waals surface area contributed by atoms with Crippen LogP contribution in [0.2, 0.25) is 0 Å². The van der Waals surface area contributed by atoms with Crippen LogP contribution in [-0.4, -0.2) is 12.2 Å². The second kappa shape index (κ2) is 5.34. The molecule has 90 valence electrons. The van der Waals surface area contributed by atoms with Gasteiger partial charge in [-0.25, -0.2) is 0 Å². The first kappa shape index (κ1) is 12.1. The molecular weight excluding hydrogens is 232 g/mol.